The molecule has 4 rings (SSSR count). The topological polar surface area (TPSA) is 142 Å². The van der Waals surface area contributed by atoms with Gasteiger partial charge in [0, 0.05) is 37.6 Å². The Morgan fingerprint density at radius 3 is 2.05 bits per heavy atom. The third-order valence-electron chi connectivity index (χ3n) is 5.82. The molecule has 0 aliphatic carbocycles. The van der Waals surface area contributed by atoms with E-state index in [0.717, 1.165) is 38.3 Å². The summed E-state index contributed by atoms with van der Waals surface area (Å²) < 4.78 is 69.5. The van der Waals surface area contributed by atoms with Gasteiger partial charge in [0.2, 0.25) is 5.91 Å². The van der Waals surface area contributed by atoms with Crippen LogP contribution >= 0.6 is 0 Å². The van der Waals surface area contributed by atoms with Crippen LogP contribution in [0.1, 0.15) is 18.4 Å². The number of anilines is 1. The average molecular weight is 580 g/mol. The molecular weight excluding hydrogens is 554 g/mol. The van der Waals surface area contributed by atoms with Crippen molar-refractivity contribution in [1.82, 2.24) is 14.9 Å². The highest BCUT2D eigenvalue weighted by Gasteiger charge is 2.41. The minimum Gasteiger partial charge on any atom is -0.475 e. The molecule has 2 aliphatic rings. The highest BCUT2D eigenvalue weighted by atomic mass is 19.4. The summed E-state index contributed by atoms with van der Waals surface area (Å²) in [6.07, 6.45) is -1.55. The van der Waals surface area contributed by atoms with E-state index in [9.17, 15) is 31.1 Å². The fourth-order valence-corrected chi connectivity index (χ4v) is 4.10. The van der Waals surface area contributed by atoms with Gasteiger partial charge < -0.3 is 20.3 Å². The molecule has 0 bridgehead atoms. The van der Waals surface area contributed by atoms with Gasteiger partial charge in [-0.15, -0.1) is 0 Å². The van der Waals surface area contributed by atoms with E-state index >= 15 is 0 Å². The maximum Gasteiger partial charge on any atom is 0.490 e. The van der Waals surface area contributed by atoms with Crippen molar-refractivity contribution in [3.8, 4) is 0 Å². The van der Waals surface area contributed by atoms with Crippen LogP contribution in [0.5, 0.6) is 0 Å². The van der Waals surface area contributed by atoms with Gasteiger partial charge in [0.15, 0.2) is 0 Å². The number of hydrogen-bond acceptors (Lipinski definition) is 7. The molecule has 220 valence electrons. The Balaban J connectivity index is 0.000000333. The van der Waals surface area contributed by atoms with E-state index in [1.807, 2.05) is 30.6 Å². The highest BCUT2D eigenvalue weighted by molar-refractivity contribution is 5.90. The fraction of sp³-hybridized carbons (Fsp3) is 0.458. The van der Waals surface area contributed by atoms with Gasteiger partial charge in [-0.3, -0.25) is 19.7 Å². The number of hydrogen-bond donors (Lipinski definition) is 3. The zero-order valence-corrected chi connectivity index (χ0v) is 20.7. The molecule has 10 nitrogen and oxygen atoms in total. The first-order valence-electron chi connectivity index (χ1n) is 11.7. The number of piperidine rings is 1. The summed E-state index contributed by atoms with van der Waals surface area (Å²) in [6, 6.07) is 7.77. The van der Waals surface area contributed by atoms with E-state index in [1.54, 1.807) is 12.4 Å². The lowest BCUT2D eigenvalue weighted by atomic mass is 9.83. The van der Waals surface area contributed by atoms with Crippen molar-refractivity contribution in [3.63, 3.8) is 0 Å². The average Bonchev–Trinajstić information content (AvgIpc) is 3.26. The number of carboxylic acids is 2. The van der Waals surface area contributed by atoms with E-state index in [2.05, 4.69) is 26.3 Å². The van der Waals surface area contributed by atoms with E-state index in [0.29, 0.717) is 18.3 Å². The van der Waals surface area contributed by atoms with Crippen molar-refractivity contribution >= 4 is 23.5 Å². The molecule has 3 N–H and O–H groups in total. The molecular formula is C24H26F6N4O6. The standard InChI is InChI=1S/C20H24N4O2.2C2HF3O2/c25-20(23-17-4-2-7-22-11-17)9-19-18-5-8-24(13-16(18)14-26-19)12-15-3-1-6-21-10-15;2*3-2(4,5)1(6)7/h1-4,6-7,10-11,16,18-19H,5,8-9,12-14H2,(H,23,25);2*(H,6,7)/t16-,18-,19-;;/m1../s1. The van der Waals surface area contributed by atoms with E-state index in [-0.39, 0.29) is 12.0 Å². The molecule has 2 aliphatic heterocycles. The van der Waals surface area contributed by atoms with E-state index in [1.165, 1.54) is 5.56 Å². The number of nitrogens with zero attached hydrogens (tertiary/aromatic N) is 3. The molecule has 2 aromatic rings. The first-order valence-corrected chi connectivity index (χ1v) is 11.7. The lowest BCUT2D eigenvalue weighted by molar-refractivity contribution is -0.193. The Morgan fingerprint density at radius 2 is 1.55 bits per heavy atom. The Bertz CT molecular complexity index is 1080. The Labute approximate surface area is 224 Å². The summed E-state index contributed by atoms with van der Waals surface area (Å²) in [7, 11) is 0. The number of carbonyl (C=O) groups excluding carboxylic acids is 1. The maximum atomic E-state index is 12.3. The molecule has 40 heavy (non-hydrogen) atoms. The first kappa shape index (κ1) is 32.4. The van der Waals surface area contributed by atoms with Crippen molar-refractivity contribution in [1.29, 1.82) is 0 Å². The van der Waals surface area contributed by atoms with Crippen molar-refractivity contribution in [2.75, 3.05) is 25.0 Å². The predicted molar refractivity (Wildman–Crippen MR) is 126 cm³/mol. The summed E-state index contributed by atoms with van der Waals surface area (Å²) >= 11 is 0. The van der Waals surface area contributed by atoms with Gasteiger partial charge in [-0.1, -0.05) is 6.07 Å². The number of alkyl halides is 6. The molecule has 0 spiro atoms. The van der Waals surface area contributed by atoms with Crippen LogP contribution in [0, 0.1) is 11.8 Å². The van der Waals surface area contributed by atoms with Crippen LogP contribution in [0.3, 0.4) is 0 Å². The van der Waals surface area contributed by atoms with Gasteiger partial charge in [-0.05, 0) is 42.6 Å². The van der Waals surface area contributed by atoms with E-state index < -0.39 is 24.3 Å². The van der Waals surface area contributed by atoms with Gasteiger partial charge >= 0.3 is 24.3 Å². The number of aromatic nitrogens is 2. The molecule has 3 atom stereocenters. The minimum atomic E-state index is -5.08. The van der Waals surface area contributed by atoms with Gasteiger partial charge in [0.05, 0.1) is 31.0 Å². The molecule has 4 heterocycles. The van der Waals surface area contributed by atoms with Crippen LogP contribution < -0.4 is 5.32 Å². The van der Waals surface area contributed by atoms with Crippen LogP contribution in [-0.2, 0) is 25.7 Å². The van der Waals surface area contributed by atoms with Crippen molar-refractivity contribution < 1.29 is 55.7 Å². The smallest absolute Gasteiger partial charge is 0.475 e. The SMILES string of the molecule is O=C(C[C@H]1OC[C@H]2CN(Cc3cccnc3)CC[C@H]21)Nc1cccnc1.O=C(O)C(F)(F)F.O=C(O)C(F)(F)F. The third-order valence-corrected chi connectivity index (χ3v) is 5.82. The molecule has 1 amide bonds. The largest absolute Gasteiger partial charge is 0.490 e. The third kappa shape index (κ3) is 11.1. The number of fused-ring (bicyclic) bond motifs is 1. The fourth-order valence-electron chi connectivity index (χ4n) is 4.10. The second-order valence-corrected chi connectivity index (χ2v) is 8.78. The zero-order chi connectivity index (χ0) is 29.9. The lowest BCUT2D eigenvalue weighted by Gasteiger charge is -2.35. The highest BCUT2D eigenvalue weighted by Crippen LogP contribution is 2.36. The van der Waals surface area contributed by atoms with Crippen LogP contribution in [0.4, 0.5) is 32.0 Å². The van der Waals surface area contributed by atoms with Gasteiger partial charge in [-0.25, -0.2) is 9.59 Å². The van der Waals surface area contributed by atoms with E-state index in [4.69, 9.17) is 24.5 Å². The number of rotatable bonds is 5. The van der Waals surface area contributed by atoms with Gasteiger partial charge in [0.25, 0.3) is 0 Å². The number of amides is 1. The molecule has 16 heteroatoms. The first-order chi connectivity index (χ1) is 18.7. The number of aliphatic carboxylic acids is 2. The minimum absolute atomic E-state index is 0.00133. The maximum absolute atomic E-state index is 12.3. The Kier molecular flexibility index (Phi) is 11.8. The number of halogens is 6. The van der Waals surface area contributed by atoms with Crippen LogP contribution in [0.2, 0.25) is 0 Å². The van der Waals surface area contributed by atoms with Crippen molar-refractivity contribution in [3.05, 3.63) is 54.6 Å². The van der Waals surface area contributed by atoms with Crippen LogP contribution in [0.25, 0.3) is 0 Å². The summed E-state index contributed by atoms with van der Waals surface area (Å²) in [5, 5.41) is 17.2. The number of ether oxygens (including phenoxy) is 1. The number of carboxylic acid groups (broad SMARTS) is 2. The molecule has 0 unspecified atom stereocenters. The normalized spacial score (nSPS) is 20.6. The molecule has 0 saturated carbocycles. The summed E-state index contributed by atoms with van der Waals surface area (Å²) in [6.45, 7) is 3.75. The number of pyridine rings is 2. The Hall–Kier alpha value is -3.79. The van der Waals surface area contributed by atoms with Gasteiger partial charge in [0.1, 0.15) is 0 Å². The summed E-state index contributed by atoms with van der Waals surface area (Å²) in [4.78, 5) is 40.8. The van der Waals surface area contributed by atoms with Crippen molar-refractivity contribution in [2.24, 2.45) is 11.8 Å². The van der Waals surface area contributed by atoms with Crippen molar-refractivity contribution in [2.45, 2.75) is 37.8 Å². The Morgan fingerprint density at radius 1 is 0.975 bits per heavy atom. The molecule has 0 aromatic carbocycles. The van der Waals surface area contributed by atoms with Crippen LogP contribution in [0.15, 0.2) is 49.1 Å². The molecule has 2 saturated heterocycles. The zero-order valence-electron chi connectivity index (χ0n) is 20.7. The number of likely N-dealkylation sites (tertiary alicyclic amines) is 1. The molecule has 2 fully saturated rings. The number of carbonyl (C=O) groups is 3. The lowest BCUT2D eigenvalue weighted by Crippen LogP contribution is -2.41. The van der Waals surface area contributed by atoms with Gasteiger partial charge in [-0.2, -0.15) is 26.3 Å². The second kappa shape index (κ2) is 14.6. The van der Waals surface area contributed by atoms with Crippen LogP contribution in [-0.4, -0.2) is 81.1 Å². The monoisotopic (exact) mass is 580 g/mol. The quantitative estimate of drug-likeness (QED) is 0.452. The summed E-state index contributed by atoms with van der Waals surface area (Å²) in [5.41, 5.74) is 1.98. The molecule has 2 aromatic heterocycles. The summed E-state index contributed by atoms with van der Waals surface area (Å²) in [5.74, 6) is -4.53. The second-order valence-electron chi connectivity index (χ2n) is 8.78. The number of nitrogens with one attached hydrogen (secondary N) is 1. The molecule has 0 radical (unpaired) electrons. The predicted octanol–water partition coefficient (Wildman–Crippen LogP) is 3.61.